The smallest absolute Gasteiger partial charge is 0.391 e. The standard InChI is InChI=1S/C58H119N2O6P/c1-6-8-10-12-14-16-18-20-21-22-23-24-25-26-27-28-29-30-31-32-33-34-35-36-37-38-39-40-42-44-46-48-50-52-58(62)59-56(55-66-67(63,64)65-54-53-60(3,4)5)57(61)51-49-47-45-43-41-19-17-15-13-11-9-7-2/h56-57,61H,6-55H2,1-5H3,(H-,59,62,63,64)/p+1. The Labute approximate surface area is 419 Å². The number of aliphatic hydroxyl groups is 1. The lowest BCUT2D eigenvalue weighted by Crippen LogP contribution is -2.46. The number of quaternary nitrogens is 1. The number of nitrogens with zero attached hydrogens (tertiary/aromatic N) is 1. The summed E-state index contributed by atoms with van der Waals surface area (Å²) in [4.78, 5) is 23.3. The highest BCUT2D eigenvalue weighted by atomic mass is 31.2. The lowest BCUT2D eigenvalue weighted by Gasteiger charge is -2.26. The van der Waals surface area contributed by atoms with E-state index in [-0.39, 0.29) is 19.1 Å². The molecule has 1 amide bonds. The highest BCUT2D eigenvalue weighted by molar-refractivity contribution is 7.47. The minimum Gasteiger partial charge on any atom is -0.391 e. The molecule has 0 fully saturated rings. The van der Waals surface area contributed by atoms with Gasteiger partial charge in [-0.3, -0.25) is 13.8 Å². The van der Waals surface area contributed by atoms with E-state index >= 15 is 0 Å². The van der Waals surface area contributed by atoms with Crippen LogP contribution in [0.1, 0.15) is 316 Å². The number of rotatable bonds is 56. The summed E-state index contributed by atoms with van der Waals surface area (Å²) in [6.07, 6.45) is 60.5. The van der Waals surface area contributed by atoms with Crippen molar-refractivity contribution < 1.29 is 32.9 Å². The van der Waals surface area contributed by atoms with Gasteiger partial charge in [0, 0.05) is 6.42 Å². The molecule has 0 aliphatic heterocycles. The topological polar surface area (TPSA) is 105 Å². The van der Waals surface area contributed by atoms with Crippen LogP contribution in [0, 0.1) is 0 Å². The Morgan fingerprint density at radius 1 is 0.448 bits per heavy atom. The summed E-state index contributed by atoms with van der Waals surface area (Å²) in [6.45, 7) is 4.93. The molecule has 3 atom stereocenters. The summed E-state index contributed by atoms with van der Waals surface area (Å²) in [7, 11) is 1.63. The number of aliphatic hydroxyl groups excluding tert-OH is 1. The van der Waals surface area contributed by atoms with E-state index in [0.717, 1.165) is 38.5 Å². The summed E-state index contributed by atoms with van der Waals surface area (Å²) < 4.78 is 23.7. The van der Waals surface area contributed by atoms with Gasteiger partial charge in [0.2, 0.25) is 5.91 Å². The van der Waals surface area contributed by atoms with E-state index in [9.17, 15) is 19.4 Å². The number of amides is 1. The number of likely N-dealkylation sites (N-methyl/N-ethyl adjacent to an activating group) is 1. The molecule has 67 heavy (non-hydrogen) atoms. The second-order valence-corrected chi connectivity index (χ2v) is 23.5. The van der Waals surface area contributed by atoms with Crippen LogP contribution >= 0.6 is 7.82 Å². The van der Waals surface area contributed by atoms with Gasteiger partial charge in [-0.15, -0.1) is 0 Å². The summed E-state index contributed by atoms with van der Waals surface area (Å²) in [5.41, 5.74) is 0. The Hall–Kier alpha value is -0.500. The van der Waals surface area contributed by atoms with Gasteiger partial charge in [-0.25, -0.2) is 4.57 Å². The van der Waals surface area contributed by atoms with Gasteiger partial charge in [0.15, 0.2) is 0 Å². The van der Waals surface area contributed by atoms with Crippen molar-refractivity contribution in [2.75, 3.05) is 40.9 Å². The minimum absolute atomic E-state index is 0.0788. The highest BCUT2D eigenvalue weighted by Gasteiger charge is 2.28. The first kappa shape index (κ1) is 66.5. The van der Waals surface area contributed by atoms with Crippen LogP contribution in [0.15, 0.2) is 0 Å². The molecule has 9 heteroatoms. The number of phosphoric ester groups is 1. The third kappa shape index (κ3) is 53.1. The van der Waals surface area contributed by atoms with Gasteiger partial charge in [0.1, 0.15) is 13.2 Å². The van der Waals surface area contributed by atoms with E-state index in [4.69, 9.17) is 9.05 Å². The molecule has 0 saturated heterocycles. The fourth-order valence-electron chi connectivity index (χ4n) is 9.40. The first-order chi connectivity index (χ1) is 32.5. The third-order valence-electron chi connectivity index (χ3n) is 14.1. The molecule has 0 aromatic rings. The largest absolute Gasteiger partial charge is 0.472 e. The number of unbranched alkanes of at least 4 members (excludes halogenated alkanes) is 43. The van der Waals surface area contributed by atoms with Crippen LogP contribution in [0.4, 0.5) is 0 Å². The van der Waals surface area contributed by atoms with Crippen molar-refractivity contribution in [1.82, 2.24) is 5.32 Å². The SMILES string of the molecule is CCCCCCCCCCCCCCCCCCCCCCCCCCCCCCCCCCCC(=O)NC(COP(=O)(O)OCC[N+](C)(C)C)C(O)CCCCCCCCCCCCCC. The van der Waals surface area contributed by atoms with E-state index in [1.54, 1.807) is 0 Å². The molecule has 0 bridgehead atoms. The molecular formula is C58H120N2O6P+. The van der Waals surface area contributed by atoms with Crippen molar-refractivity contribution in [1.29, 1.82) is 0 Å². The zero-order valence-corrected chi connectivity index (χ0v) is 46.8. The molecule has 3 N–H and O–H groups in total. The second-order valence-electron chi connectivity index (χ2n) is 22.1. The van der Waals surface area contributed by atoms with Gasteiger partial charge in [0.25, 0.3) is 0 Å². The van der Waals surface area contributed by atoms with E-state index in [1.165, 1.54) is 250 Å². The summed E-state index contributed by atoms with van der Waals surface area (Å²) in [6, 6.07) is -0.754. The van der Waals surface area contributed by atoms with Crippen LogP contribution in [0.3, 0.4) is 0 Å². The molecule has 0 spiro atoms. The normalized spacial score (nSPS) is 13.8. The molecule has 3 unspecified atom stereocenters. The Kier molecular flexibility index (Phi) is 50.1. The van der Waals surface area contributed by atoms with Crippen molar-refractivity contribution in [2.24, 2.45) is 0 Å². The molecule has 0 rings (SSSR count). The fraction of sp³-hybridized carbons (Fsp3) is 0.983. The van der Waals surface area contributed by atoms with Gasteiger partial charge < -0.3 is 19.8 Å². The first-order valence-corrected chi connectivity index (χ1v) is 31.4. The lowest BCUT2D eigenvalue weighted by molar-refractivity contribution is -0.870. The van der Waals surface area contributed by atoms with E-state index in [0.29, 0.717) is 23.9 Å². The van der Waals surface area contributed by atoms with Crippen LogP contribution in [-0.4, -0.2) is 73.4 Å². The molecule has 8 nitrogen and oxygen atoms in total. The van der Waals surface area contributed by atoms with Crippen molar-refractivity contribution in [2.45, 2.75) is 328 Å². The van der Waals surface area contributed by atoms with E-state index in [2.05, 4.69) is 19.2 Å². The highest BCUT2D eigenvalue weighted by Crippen LogP contribution is 2.43. The lowest BCUT2D eigenvalue weighted by atomic mass is 10.0. The molecule has 0 aromatic carbocycles. The zero-order chi connectivity index (χ0) is 49.2. The molecule has 0 saturated carbocycles. The molecule has 0 heterocycles. The van der Waals surface area contributed by atoms with E-state index < -0.39 is 20.0 Å². The molecule has 0 aliphatic rings. The van der Waals surface area contributed by atoms with Crippen LogP contribution in [-0.2, 0) is 18.4 Å². The van der Waals surface area contributed by atoms with Gasteiger partial charge in [-0.1, -0.05) is 296 Å². The summed E-state index contributed by atoms with van der Waals surface area (Å²) in [5.74, 6) is -0.137. The van der Waals surface area contributed by atoms with Gasteiger partial charge >= 0.3 is 7.82 Å². The van der Waals surface area contributed by atoms with Gasteiger partial charge in [-0.2, -0.15) is 0 Å². The van der Waals surface area contributed by atoms with Crippen molar-refractivity contribution in [3.8, 4) is 0 Å². The number of nitrogens with one attached hydrogen (secondary N) is 1. The van der Waals surface area contributed by atoms with Gasteiger partial charge in [-0.05, 0) is 12.8 Å². The van der Waals surface area contributed by atoms with Crippen LogP contribution in [0.2, 0.25) is 0 Å². The number of hydrogen-bond donors (Lipinski definition) is 3. The average molecular weight is 973 g/mol. The Morgan fingerprint density at radius 3 is 1.00 bits per heavy atom. The molecule has 0 radical (unpaired) electrons. The van der Waals surface area contributed by atoms with E-state index in [1.807, 2.05) is 21.1 Å². The minimum atomic E-state index is -4.31. The molecule has 0 aromatic heterocycles. The Bertz CT molecular complexity index is 1060. The molecular weight excluding hydrogens is 852 g/mol. The summed E-state index contributed by atoms with van der Waals surface area (Å²) >= 11 is 0. The number of carbonyl (C=O) groups is 1. The van der Waals surface area contributed by atoms with Crippen LogP contribution in [0.5, 0.6) is 0 Å². The van der Waals surface area contributed by atoms with Crippen molar-refractivity contribution in [3.63, 3.8) is 0 Å². The maximum Gasteiger partial charge on any atom is 0.472 e. The monoisotopic (exact) mass is 972 g/mol. The zero-order valence-electron chi connectivity index (χ0n) is 45.9. The summed E-state index contributed by atoms with van der Waals surface area (Å²) in [5, 5.41) is 14.0. The van der Waals surface area contributed by atoms with Crippen molar-refractivity contribution in [3.05, 3.63) is 0 Å². The van der Waals surface area contributed by atoms with Crippen LogP contribution in [0.25, 0.3) is 0 Å². The predicted molar refractivity (Wildman–Crippen MR) is 291 cm³/mol. The maximum absolute atomic E-state index is 13.0. The average Bonchev–Trinajstić information content (AvgIpc) is 3.29. The predicted octanol–water partition coefficient (Wildman–Crippen LogP) is 18.0. The molecule has 402 valence electrons. The van der Waals surface area contributed by atoms with Crippen molar-refractivity contribution >= 4 is 13.7 Å². The third-order valence-corrected chi connectivity index (χ3v) is 15.1. The Morgan fingerprint density at radius 2 is 0.716 bits per heavy atom. The van der Waals surface area contributed by atoms with Crippen LogP contribution < -0.4 is 5.32 Å². The number of carbonyl (C=O) groups excluding carboxylic acids is 1. The Balaban J connectivity index is 3.89. The number of hydrogen-bond acceptors (Lipinski definition) is 5. The maximum atomic E-state index is 13.0. The number of phosphoric acid groups is 1. The molecule has 0 aliphatic carbocycles. The fourth-order valence-corrected chi connectivity index (χ4v) is 10.1. The van der Waals surface area contributed by atoms with Gasteiger partial charge in [0.05, 0.1) is 39.9 Å². The first-order valence-electron chi connectivity index (χ1n) is 29.9. The quantitative estimate of drug-likeness (QED) is 0.0319. The second kappa shape index (κ2) is 50.4.